The predicted molar refractivity (Wildman–Crippen MR) is 94.1 cm³/mol. The number of anilines is 2. The summed E-state index contributed by atoms with van der Waals surface area (Å²) in [5.74, 6) is 0.407. The molecule has 0 radical (unpaired) electrons. The number of rotatable bonds is 5. The van der Waals surface area contributed by atoms with Crippen molar-refractivity contribution in [3.05, 3.63) is 54.2 Å². The van der Waals surface area contributed by atoms with Crippen LogP contribution in [-0.4, -0.2) is 43.7 Å². The zero-order valence-corrected chi connectivity index (χ0v) is 13.5. The minimum absolute atomic E-state index is 0.121. The largest absolute Gasteiger partial charge is 0.378 e. The number of nitrogens with zero attached hydrogens (tertiary/aromatic N) is 2. The fourth-order valence-electron chi connectivity index (χ4n) is 2.75. The van der Waals surface area contributed by atoms with Crippen LogP contribution in [0.1, 0.15) is 11.5 Å². The van der Waals surface area contributed by atoms with Crippen molar-refractivity contribution >= 4 is 17.4 Å². The summed E-state index contributed by atoms with van der Waals surface area (Å²) in [6, 6.07) is 13.3. The Labute approximate surface area is 141 Å². The van der Waals surface area contributed by atoms with Crippen LogP contribution < -0.4 is 16.0 Å². The Hall–Kier alpha value is -2.44. The van der Waals surface area contributed by atoms with E-state index in [4.69, 9.17) is 10.5 Å². The number of benzene rings is 1. The number of nitrogens with one attached hydrogen (secondary N) is 1. The van der Waals surface area contributed by atoms with E-state index in [9.17, 15) is 4.79 Å². The van der Waals surface area contributed by atoms with Crippen LogP contribution in [0.5, 0.6) is 0 Å². The van der Waals surface area contributed by atoms with Crippen LogP contribution in [0, 0.1) is 0 Å². The van der Waals surface area contributed by atoms with E-state index < -0.39 is 0 Å². The molecule has 3 rings (SSSR count). The number of carbonyl (C=O) groups excluding carboxylic acids is 1. The van der Waals surface area contributed by atoms with Gasteiger partial charge in [0.2, 0.25) is 5.91 Å². The van der Waals surface area contributed by atoms with Gasteiger partial charge < -0.3 is 20.7 Å². The summed E-state index contributed by atoms with van der Waals surface area (Å²) in [5.41, 5.74) is 7.37. The summed E-state index contributed by atoms with van der Waals surface area (Å²) in [5, 5.41) is 2.90. The third kappa shape index (κ3) is 3.90. The highest BCUT2D eigenvalue weighted by Gasteiger charge is 2.19. The van der Waals surface area contributed by atoms with Gasteiger partial charge in [0.15, 0.2) is 0 Å². The van der Waals surface area contributed by atoms with Gasteiger partial charge in [-0.1, -0.05) is 30.3 Å². The summed E-state index contributed by atoms with van der Waals surface area (Å²) in [6.07, 6.45) is 1.68. The first-order valence-corrected chi connectivity index (χ1v) is 8.12. The van der Waals surface area contributed by atoms with Gasteiger partial charge in [0.05, 0.1) is 31.0 Å². The lowest BCUT2D eigenvalue weighted by Gasteiger charge is -2.27. The Balaban J connectivity index is 1.65. The van der Waals surface area contributed by atoms with Crippen molar-refractivity contribution in [3.8, 4) is 0 Å². The number of aromatic nitrogens is 1. The number of pyridine rings is 1. The fourth-order valence-corrected chi connectivity index (χ4v) is 2.75. The fraction of sp³-hybridized carbons (Fsp3) is 0.333. The van der Waals surface area contributed by atoms with Crippen molar-refractivity contribution in [1.29, 1.82) is 0 Å². The van der Waals surface area contributed by atoms with E-state index in [1.807, 2.05) is 42.5 Å². The standard InChI is InChI=1S/C18H22N4O2/c19-12-16(14-4-2-1-3-5-14)18(23)21-15-6-7-17(20-13-15)22-8-10-24-11-9-22/h1-7,13,16H,8-12,19H2,(H,21,23). The van der Waals surface area contributed by atoms with Crippen molar-refractivity contribution in [1.82, 2.24) is 4.98 Å². The Bertz CT molecular complexity index is 654. The molecule has 1 aromatic heterocycles. The molecule has 24 heavy (non-hydrogen) atoms. The molecule has 0 saturated carbocycles. The third-order valence-corrected chi connectivity index (χ3v) is 4.10. The zero-order valence-electron chi connectivity index (χ0n) is 13.5. The Morgan fingerprint density at radius 3 is 2.58 bits per heavy atom. The maximum atomic E-state index is 12.5. The zero-order chi connectivity index (χ0) is 16.8. The monoisotopic (exact) mass is 326 g/mol. The van der Waals surface area contributed by atoms with Gasteiger partial charge in [0.25, 0.3) is 0 Å². The molecule has 1 fully saturated rings. The van der Waals surface area contributed by atoms with Crippen molar-refractivity contribution in [2.45, 2.75) is 5.92 Å². The van der Waals surface area contributed by atoms with Crippen molar-refractivity contribution in [2.24, 2.45) is 5.73 Å². The van der Waals surface area contributed by atoms with E-state index in [2.05, 4.69) is 15.2 Å². The maximum Gasteiger partial charge on any atom is 0.233 e. The predicted octanol–water partition coefficient (Wildman–Crippen LogP) is 1.60. The van der Waals surface area contributed by atoms with Crippen LogP contribution in [0.4, 0.5) is 11.5 Å². The second kappa shape index (κ2) is 7.90. The third-order valence-electron chi connectivity index (χ3n) is 4.10. The molecule has 6 nitrogen and oxygen atoms in total. The molecule has 1 unspecified atom stereocenters. The van der Waals surface area contributed by atoms with Crippen LogP contribution in [0.25, 0.3) is 0 Å². The average Bonchev–Trinajstić information content (AvgIpc) is 2.64. The molecule has 2 heterocycles. The lowest BCUT2D eigenvalue weighted by Crippen LogP contribution is -2.36. The van der Waals surface area contributed by atoms with Gasteiger partial charge in [-0.15, -0.1) is 0 Å². The summed E-state index contributed by atoms with van der Waals surface area (Å²) < 4.78 is 5.34. The highest BCUT2D eigenvalue weighted by molar-refractivity contribution is 5.96. The van der Waals surface area contributed by atoms with E-state index in [-0.39, 0.29) is 18.4 Å². The molecule has 1 aromatic carbocycles. The molecule has 126 valence electrons. The molecule has 1 saturated heterocycles. The summed E-state index contributed by atoms with van der Waals surface area (Å²) in [7, 11) is 0. The van der Waals surface area contributed by atoms with Crippen molar-refractivity contribution in [3.63, 3.8) is 0 Å². The lowest BCUT2D eigenvalue weighted by molar-refractivity contribution is -0.117. The van der Waals surface area contributed by atoms with Crippen LogP contribution in [0.3, 0.4) is 0 Å². The lowest BCUT2D eigenvalue weighted by atomic mass is 9.98. The molecule has 0 spiro atoms. The number of nitrogens with two attached hydrogens (primary N) is 1. The highest BCUT2D eigenvalue weighted by atomic mass is 16.5. The van der Waals surface area contributed by atoms with Crippen LogP contribution in [-0.2, 0) is 9.53 Å². The summed E-state index contributed by atoms with van der Waals surface area (Å²) in [4.78, 5) is 19.1. The molecular weight excluding hydrogens is 304 g/mol. The first-order valence-electron chi connectivity index (χ1n) is 8.12. The molecule has 0 aliphatic carbocycles. The first kappa shape index (κ1) is 16.4. The average molecular weight is 326 g/mol. The molecule has 1 atom stereocenters. The van der Waals surface area contributed by atoms with Crippen LogP contribution in [0.15, 0.2) is 48.7 Å². The molecule has 2 aromatic rings. The Kier molecular flexibility index (Phi) is 5.40. The van der Waals surface area contributed by atoms with Gasteiger partial charge in [-0.2, -0.15) is 0 Å². The van der Waals surface area contributed by atoms with E-state index in [0.29, 0.717) is 5.69 Å². The number of amides is 1. The molecule has 3 N–H and O–H groups in total. The molecular formula is C18H22N4O2. The molecule has 0 bridgehead atoms. The quantitative estimate of drug-likeness (QED) is 0.872. The Morgan fingerprint density at radius 2 is 1.96 bits per heavy atom. The summed E-state index contributed by atoms with van der Waals surface area (Å²) >= 11 is 0. The van der Waals surface area contributed by atoms with Gasteiger partial charge in [-0.3, -0.25) is 4.79 Å². The number of ether oxygens (including phenoxy) is 1. The second-order valence-corrected chi connectivity index (χ2v) is 5.69. The molecule has 1 aliphatic rings. The van der Waals surface area contributed by atoms with Crippen molar-refractivity contribution in [2.75, 3.05) is 43.1 Å². The van der Waals surface area contributed by atoms with Gasteiger partial charge in [0.1, 0.15) is 5.82 Å². The molecule has 6 heteroatoms. The van der Waals surface area contributed by atoms with E-state index >= 15 is 0 Å². The first-order chi connectivity index (χ1) is 11.8. The minimum Gasteiger partial charge on any atom is -0.378 e. The smallest absolute Gasteiger partial charge is 0.233 e. The SMILES string of the molecule is NCC(C(=O)Nc1ccc(N2CCOCC2)nc1)c1ccccc1. The van der Waals surface area contributed by atoms with Crippen molar-refractivity contribution < 1.29 is 9.53 Å². The van der Waals surface area contributed by atoms with Gasteiger partial charge in [0, 0.05) is 19.6 Å². The number of hydrogen-bond donors (Lipinski definition) is 2. The number of hydrogen-bond acceptors (Lipinski definition) is 5. The highest BCUT2D eigenvalue weighted by Crippen LogP contribution is 2.19. The van der Waals surface area contributed by atoms with E-state index in [1.54, 1.807) is 6.20 Å². The number of carbonyl (C=O) groups is 1. The normalized spacial score (nSPS) is 15.8. The topological polar surface area (TPSA) is 80.5 Å². The van der Waals surface area contributed by atoms with Gasteiger partial charge >= 0.3 is 0 Å². The minimum atomic E-state index is -0.370. The van der Waals surface area contributed by atoms with Crippen LogP contribution >= 0.6 is 0 Å². The second-order valence-electron chi connectivity index (χ2n) is 5.69. The van der Waals surface area contributed by atoms with E-state index in [0.717, 1.165) is 37.7 Å². The molecule has 1 aliphatic heterocycles. The number of morpholine rings is 1. The summed E-state index contributed by atoms with van der Waals surface area (Å²) in [6.45, 7) is 3.36. The van der Waals surface area contributed by atoms with Gasteiger partial charge in [-0.05, 0) is 17.7 Å². The van der Waals surface area contributed by atoms with Crippen LogP contribution in [0.2, 0.25) is 0 Å². The van der Waals surface area contributed by atoms with E-state index in [1.165, 1.54) is 0 Å². The maximum absolute atomic E-state index is 12.5. The van der Waals surface area contributed by atoms with Gasteiger partial charge in [-0.25, -0.2) is 4.98 Å². The molecule has 1 amide bonds. The Morgan fingerprint density at radius 1 is 1.21 bits per heavy atom.